The van der Waals surface area contributed by atoms with E-state index >= 15 is 0 Å². The largest absolute Gasteiger partial charge is 0.309 e. The Balaban J connectivity index is 2.30. The molecule has 0 aliphatic heterocycles. The molecule has 1 rings (SSSR count). The lowest BCUT2D eigenvalue weighted by Crippen LogP contribution is -2.28. The van der Waals surface area contributed by atoms with Crippen molar-refractivity contribution in [3.05, 3.63) is 21.3 Å². The zero-order chi connectivity index (χ0) is 11.8. The highest BCUT2D eigenvalue weighted by atomic mass is 35.5. The molecule has 0 fully saturated rings. The van der Waals surface area contributed by atoms with E-state index in [-0.39, 0.29) is 0 Å². The second-order valence-electron chi connectivity index (χ2n) is 4.24. The lowest BCUT2D eigenvalue weighted by atomic mass is 10.1. The molecule has 0 aliphatic carbocycles. The van der Waals surface area contributed by atoms with Gasteiger partial charge >= 0.3 is 0 Å². The third kappa shape index (κ3) is 5.33. The first-order chi connectivity index (χ1) is 7.76. The van der Waals surface area contributed by atoms with Gasteiger partial charge in [0.25, 0.3) is 0 Å². The van der Waals surface area contributed by atoms with E-state index in [9.17, 15) is 0 Å². The normalized spacial score (nSPS) is 12.9. The van der Waals surface area contributed by atoms with Crippen molar-refractivity contribution in [2.75, 3.05) is 0 Å². The molecular weight excluding hydrogens is 238 g/mol. The van der Waals surface area contributed by atoms with Gasteiger partial charge in [0, 0.05) is 22.8 Å². The number of hydrogen-bond donors (Lipinski definition) is 1. The summed E-state index contributed by atoms with van der Waals surface area (Å²) in [4.78, 5) is 1.34. The van der Waals surface area contributed by atoms with E-state index in [0.717, 1.165) is 11.6 Å². The lowest BCUT2D eigenvalue weighted by molar-refractivity contribution is 0.435. The minimum atomic E-state index is 0.672. The minimum Gasteiger partial charge on any atom is -0.309 e. The predicted molar refractivity (Wildman–Crippen MR) is 74.4 cm³/mol. The van der Waals surface area contributed by atoms with Crippen molar-refractivity contribution >= 4 is 22.9 Å². The molecule has 1 aromatic heterocycles. The molecule has 0 saturated heterocycles. The minimum absolute atomic E-state index is 0.672. The molecule has 0 radical (unpaired) electrons. The SMILES string of the molecule is CCCCC(CCC)NCc1cc(Cl)cs1. The number of hydrogen-bond acceptors (Lipinski definition) is 2. The summed E-state index contributed by atoms with van der Waals surface area (Å²) >= 11 is 7.64. The molecule has 0 spiro atoms. The number of halogens is 1. The van der Waals surface area contributed by atoms with Crippen molar-refractivity contribution in [3.8, 4) is 0 Å². The molecule has 1 heterocycles. The average molecular weight is 260 g/mol. The molecule has 1 nitrogen and oxygen atoms in total. The molecule has 0 aliphatic rings. The third-order valence-electron chi connectivity index (χ3n) is 2.73. The summed E-state index contributed by atoms with van der Waals surface area (Å²) in [5, 5.41) is 6.50. The Morgan fingerprint density at radius 3 is 2.69 bits per heavy atom. The standard InChI is InChI=1S/C13H22ClNS/c1-3-5-7-12(6-4-2)15-9-13-8-11(14)10-16-13/h8,10,12,15H,3-7,9H2,1-2H3. The highest BCUT2D eigenvalue weighted by Gasteiger charge is 2.07. The van der Waals surface area contributed by atoms with Crippen LogP contribution in [0.2, 0.25) is 5.02 Å². The van der Waals surface area contributed by atoms with Crippen LogP contribution in [0.1, 0.15) is 50.8 Å². The van der Waals surface area contributed by atoms with Crippen LogP contribution in [0.5, 0.6) is 0 Å². The molecule has 1 atom stereocenters. The van der Waals surface area contributed by atoms with E-state index in [1.807, 2.05) is 5.38 Å². The Kier molecular flexibility index (Phi) is 7.10. The van der Waals surface area contributed by atoms with E-state index < -0.39 is 0 Å². The van der Waals surface area contributed by atoms with Crippen LogP contribution in [0.25, 0.3) is 0 Å². The molecule has 0 amide bonds. The first-order valence-electron chi connectivity index (χ1n) is 6.22. The maximum Gasteiger partial charge on any atom is 0.0516 e. The molecule has 1 N–H and O–H groups in total. The molecule has 0 saturated carbocycles. The summed E-state index contributed by atoms with van der Waals surface area (Å²) in [6.07, 6.45) is 6.44. The third-order valence-corrected chi connectivity index (χ3v) is 4.01. The Hall–Kier alpha value is -0.0500. The van der Waals surface area contributed by atoms with Gasteiger partial charge in [0.2, 0.25) is 0 Å². The van der Waals surface area contributed by atoms with Gasteiger partial charge < -0.3 is 5.32 Å². The van der Waals surface area contributed by atoms with Crippen molar-refractivity contribution in [2.24, 2.45) is 0 Å². The van der Waals surface area contributed by atoms with Gasteiger partial charge in [-0.1, -0.05) is 44.7 Å². The van der Waals surface area contributed by atoms with E-state index in [1.54, 1.807) is 11.3 Å². The van der Waals surface area contributed by atoms with Gasteiger partial charge in [-0.05, 0) is 18.9 Å². The van der Waals surface area contributed by atoms with Crippen LogP contribution in [-0.4, -0.2) is 6.04 Å². The highest BCUT2D eigenvalue weighted by Crippen LogP contribution is 2.19. The van der Waals surface area contributed by atoms with Crippen molar-refractivity contribution in [3.63, 3.8) is 0 Å². The monoisotopic (exact) mass is 259 g/mol. The quantitative estimate of drug-likeness (QED) is 0.704. The van der Waals surface area contributed by atoms with Crippen LogP contribution in [0.3, 0.4) is 0 Å². The van der Waals surface area contributed by atoms with Crippen molar-refractivity contribution in [2.45, 2.75) is 58.5 Å². The van der Waals surface area contributed by atoms with Crippen LogP contribution in [-0.2, 0) is 6.54 Å². The first kappa shape index (κ1) is 14.0. The smallest absolute Gasteiger partial charge is 0.0516 e. The van der Waals surface area contributed by atoms with Gasteiger partial charge in [-0.3, -0.25) is 0 Å². The number of thiophene rings is 1. The van der Waals surface area contributed by atoms with Crippen molar-refractivity contribution in [1.29, 1.82) is 0 Å². The molecule has 3 heteroatoms. The molecule has 0 bridgehead atoms. The second kappa shape index (κ2) is 8.10. The number of nitrogens with one attached hydrogen (secondary N) is 1. The molecule has 1 unspecified atom stereocenters. The molecule has 1 aromatic rings. The second-order valence-corrected chi connectivity index (χ2v) is 5.67. The summed E-state index contributed by atoms with van der Waals surface area (Å²) in [6, 6.07) is 2.73. The van der Waals surface area contributed by atoms with Gasteiger partial charge in [0.15, 0.2) is 0 Å². The van der Waals surface area contributed by atoms with Crippen LogP contribution in [0.4, 0.5) is 0 Å². The Labute approximate surface area is 108 Å². The summed E-state index contributed by atoms with van der Waals surface area (Å²) in [5.74, 6) is 0. The van der Waals surface area contributed by atoms with Crippen molar-refractivity contribution < 1.29 is 0 Å². The molecule has 16 heavy (non-hydrogen) atoms. The fraction of sp³-hybridized carbons (Fsp3) is 0.692. The van der Waals surface area contributed by atoms with Gasteiger partial charge in [0.1, 0.15) is 0 Å². The highest BCUT2D eigenvalue weighted by molar-refractivity contribution is 7.10. The summed E-state index contributed by atoms with van der Waals surface area (Å²) in [6.45, 7) is 5.47. The molecule has 92 valence electrons. The fourth-order valence-electron chi connectivity index (χ4n) is 1.84. The average Bonchev–Trinajstić information content (AvgIpc) is 2.68. The van der Waals surface area contributed by atoms with Gasteiger partial charge in [-0.2, -0.15) is 0 Å². The number of unbranched alkanes of at least 4 members (excludes halogenated alkanes) is 1. The van der Waals surface area contributed by atoms with E-state index in [4.69, 9.17) is 11.6 Å². The Morgan fingerprint density at radius 1 is 1.31 bits per heavy atom. The van der Waals surface area contributed by atoms with Gasteiger partial charge in [0.05, 0.1) is 5.02 Å². The predicted octanol–water partition coefficient (Wildman–Crippen LogP) is 4.85. The van der Waals surface area contributed by atoms with Crippen molar-refractivity contribution in [1.82, 2.24) is 5.32 Å². The van der Waals surface area contributed by atoms with Gasteiger partial charge in [-0.15, -0.1) is 11.3 Å². The molecule has 0 aromatic carbocycles. The molecular formula is C13H22ClNS. The first-order valence-corrected chi connectivity index (χ1v) is 7.48. The zero-order valence-electron chi connectivity index (χ0n) is 10.3. The maximum absolute atomic E-state index is 5.90. The van der Waals surface area contributed by atoms with Crippen LogP contribution in [0, 0.1) is 0 Å². The maximum atomic E-state index is 5.90. The topological polar surface area (TPSA) is 12.0 Å². The van der Waals surface area contributed by atoms with E-state index in [0.29, 0.717) is 6.04 Å². The lowest BCUT2D eigenvalue weighted by Gasteiger charge is -2.17. The van der Waals surface area contributed by atoms with Gasteiger partial charge in [-0.25, -0.2) is 0 Å². The van der Waals surface area contributed by atoms with Crippen LogP contribution < -0.4 is 5.32 Å². The Morgan fingerprint density at radius 2 is 2.12 bits per heavy atom. The zero-order valence-corrected chi connectivity index (χ0v) is 11.8. The van der Waals surface area contributed by atoms with E-state index in [2.05, 4.69) is 25.2 Å². The fourth-order valence-corrected chi connectivity index (χ4v) is 2.86. The van der Waals surface area contributed by atoms with E-state index in [1.165, 1.54) is 37.0 Å². The summed E-state index contributed by atoms with van der Waals surface area (Å²) in [7, 11) is 0. The van der Waals surface area contributed by atoms with Crippen LogP contribution >= 0.6 is 22.9 Å². The summed E-state index contributed by atoms with van der Waals surface area (Å²) in [5.41, 5.74) is 0. The Bertz CT molecular complexity index is 285. The number of rotatable bonds is 8. The van der Waals surface area contributed by atoms with Crippen LogP contribution in [0.15, 0.2) is 11.4 Å². The summed E-state index contributed by atoms with van der Waals surface area (Å²) < 4.78 is 0.